The lowest BCUT2D eigenvalue weighted by molar-refractivity contribution is 0.170. The zero-order valence-corrected chi connectivity index (χ0v) is 10.6. The Kier molecular flexibility index (Phi) is 2.75. The van der Waals surface area contributed by atoms with Gasteiger partial charge in [-0.3, -0.25) is 0 Å². The minimum Gasteiger partial charge on any atom is -0.317 e. The van der Waals surface area contributed by atoms with E-state index in [-0.39, 0.29) is 0 Å². The second-order valence-corrected chi connectivity index (χ2v) is 6.38. The van der Waals surface area contributed by atoms with Crippen molar-refractivity contribution >= 4 is 0 Å². The Morgan fingerprint density at radius 1 is 1.19 bits per heavy atom. The fraction of sp³-hybridized carbons (Fsp3) is 1.00. The van der Waals surface area contributed by atoms with Gasteiger partial charge in [0.15, 0.2) is 0 Å². The van der Waals surface area contributed by atoms with Crippen molar-refractivity contribution in [3.63, 3.8) is 0 Å². The smallest absolute Gasteiger partial charge is 0.0179 e. The Labute approximate surface area is 99.6 Å². The lowest BCUT2D eigenvalue weighted by Crippen LogP contribution is -2.51. The minimum absolute atomic E-state index is 0.552. The summed E-state index contributed by atoms with van der Waals surface area (Å²) in [6.45, 7) is 6.16. The average molecular weight is 222 g/mol. The molecule has 1 atom stereocenters. The Morgan fingerprint density at radius 2 is 1.94 bits per heavy atom. The average Bonchev–Trinajstić information content (AvgIpc) is 2.91. The van der Waals surface area contributed by atoms with Crippen molar-refractivity contribution < 1.29 is 0 Å². The van der Waals surface area contributed by atoms with Gasteiger partial charge in [-0.05, 0) is 75.9 Å². The molecule has 0 radical (unpaired) electrons. The summed E-state index contributed by atoms with van der Waals surface area (Å²) in [5.74, 6) is 0.999. The first-order valence-corrected chi connectivity index (χ1v) is 7.24. The fourth-order valence-electron chi connectivity index (χ4n) is 3.86. The van der Waals surface area contributed by atoms with Gasteiger partial charge in [0.1, 0.15) is 0 Å². The van der Waals surface area contributed by atoms with Crippen molar-refractivity contribution in [3.8, 4) is 0 Å². The van der Waals surface area contributed by atoms with Crippen molar-refractivity contribution in [3.05, 3.63) is 0 Å². The molecule has 0 aromatic heterocycles. The summed E-state index contributed by atoms with van der Waals surface area (Å²) in [5.41, 5.74) is 1.31. The molecule has 1 unspecified atom stereocenters. The molecule has 2 nitrogen and oxygen atoms in total. The molecule has 1 saturated heterocycles. The van der Waals surface area contributed by atoms with Gasteiger partial charge in [0.05, 0.1) is 0 Å². The van der Waals surface area contributed by atoms with E-state index >= 15 is 0 Å². The molecule has 92 valence electrons. The van der Waals surface area contributed by atoms with E-state index in [1.807, 2.05) is 0 Å². The summed E-state index contributed by atoms with van der Waals surface area (Å²) >= 11 is 0. The molecular weight excluding hydrogens is 196 g/mol. The summed E-state index contributed by atoms with van der Waals surface area (Å²) in [4.78, 5) is 0. The van der Waals surface area contributed by atoms with Gasteiger partial charge >= 0.3 is 0 Å². The highest BCUT2D eigenvalue weighted by molar-refractivity contribution is 5.06. The molecule has 1 heterocycles. The lowest BCUT2D eigenvalue weighted by atomic mass is 9.74. The van der Waals surface area contributed by atoms with E-state index in [9.17, 15) is 0 Å². The molecule has 0 bridgehead atoms. The first-order chi connectivity index (χ1) is 7.79. The number of rotatable bonds is 4. The maximum Gasteiger partial charge on any atom is 0.0179 e. The number of hydrogen-bond donors (Lipinski definition) is 2. The normalized spacial score (nSPS) is 34.7. The summed E-state index contributed by atoms with van der Waals surface area (Å²) in [5, 5.41) is 7.38. The molecule has 3 aliphatic rings. The first-order valence-electron chi connectivity index (χ1n) is 7.24. The van der Waals surface area contributed by atoms with Crippen LogP contribution in [-0.2, 0) is 0 Å². The van der Waals surface area contributed by atoms with Gasteiger partial charge in [-0.2, -0.15) is 0 Å². The highest BCUT2D eigenvalue weighted by Crippen LogP contribution is 2.58. The van der Waals surface area contributed by atoms with Crippen LogP contribution in [0.5, 0.6) is 0 Å². The second-order valence-electron chi connectivity index (χ2n) is 6.38. The molecule has 2 heteroatoms. The number of piperidine rings is 1. The third kappa shape index (κ3) is 1.80. The highest BCUT2D eigenvalue weighted by atomic mass is 15.0. The molecule has 1 aliphatic heterocycles. The minimum atomic E-state index is 0.552. The third-order valence-electron chi connectivity index (χ3n) is 5.67. The SMILES string of the molecule is CCC1(NCC2CC23CCNCC3)CCC1. The van der Waals surface area contributed by atoms with E-state index < -0.39 is 0 Å². The van der Waals surface area contributed by atoms with Crippen LogP contribution in [0.1, 0.15) is 51.9 Å². The summed E-state index contributed by atoms with van der Waals surface area (Å²) in [6.07, 6.45) is 9.98. The predicted octanol–water partition coefficient (Wildman–Crippen LogP) is 2.30. The van der Waals surface area contributed by atoms with Crippen LogP contribution >= 0.6 is 0 Å². The van der Waals surface area contributed by atoms with Crippen molar-refractivity contribution in [1.82, 2.24) is 10.6 Å². The zero-order valence-electron chi connectivity index (χ0n) is 10.6. The van der Waals surface area contributed by atoms with Gasteiger partial charge in [-0.25, -0.2) is 0 Å². The van der Waals surface area contributed by atoms with Gasteiger partial charge < -0.3 is 10.6 Å². The molecule has 1 spiro atoms. The number of nitrogens with one attached hydrogen (secondary N) is 2. The van der Waals surface area contributed by atoms with E-state index in [0.29, 0.717) is 5.54 Å². The Bertz CT molecular complexity index is 246. The molecule has 0 amide bonds. The Balaban J connectivity index is 1.47. The zero-order chi connectivity index (χ0) is 11.1. The molecule has 2 saturated carbocycles. The van der Waals surface area contributed by atoms with Crippen LogP contribution in [-0.4, -0.2) is 25.2 Å². The van der Waals surface area contributed by atoms with Gasteiger partial charge in [-0.1, -0.05) is 6.92 Å². The maximum absolute atomic E-state index is 3.90. The van der Waals surface area contributed by atoms with E-state index in [1.54, 1.807) is 0 Å². The number of hydrogen-bond acceptors (Lipinski definition) is 2. The van der Waals surface area contributed by atoms with E-state index in [2.05, 4.69) is 17.6 Å². The van der Waals surface area contributed by atoms with E-state index in [4.69, 9.17) is 0 Å². The third-order valence-corrected chi connectivity index (χ3v) is 5.67. The molecule has 0 aromatic carbocycles. The first kappa shape index (κ1) is 11.0. The van der Waals surface area contributed by atoms with Crippen LogP contribution in [0.15, 0.2) is 0 Å². The van der Waals surface area contributed by atoms with Gasteiger partial charge in [0, 0.05) is 5.54 Å². The Morgan fingerprint density at radius 3 is 2.50 bits per heavy atom. The molecule has 0 aromatic rings. The molecule has 16 heavy (non-hydrogen) atoms. The molecule has 2 N–H and O–H groups in total. The molecule has 3 fully saturated rings. The standard InChI is InChI=1S/C14H26N2/c1-2-14(4-3-5-14)16-11-12-10-13(12)6-8-15-9-7-13/h12,15-16H,2-11H2,1H3. The fourth-order valence-corrected chi connectivity index (χ4v) is 3.86. The molecule has 2 aliphatic carbocycles. The maximum atomic E-state index is 3.90. The monoisotopic (exact) mass is 222 g/mol. The van der Waals surface area contributed by atoms with Gasteiger partial charge in [0.2, 0.25) is 0 Å². The van der Waals surface area contributed by atoms with Crippen molar-refractivity contribution in [1.29, 1.82) is 0 Å². The quantitative estimate of drug-likeness (QED) is 0.762. The Hall–Kier alpha value is -0.0800. The van der Waals surface area contributed by atoms with Crippen molar-refractivity contribution in [2.24, 2.45) is 11.3 Å². The van der Waals surface area contributed by atoms with Crippen LogP contribution in [0.2, 0.25) is 0 Å². The van der Waals surface area contributed by atoms with Crippen LogP contribution in [0.25, 0.3) is 0 Å². The van der Waals surface area contributed by atoms with Crippen molar-refractivity contribution in [2.45, 2.75) is 57.4 Å². The van der Waals surface area contributed by atoms with E-state index in [0.717, 1.165) is 11.3 Å². The van der Waals surface area contributed by atoms with Gasteiger partial charge in [-0.15, -0.1) is 0 Å². The van der Waals surface area contributed by atoms with Gasteiger partial charge in [0.25, 0.3) is 0 Å². The van der Waals surface area contributed by atoms with Crippen LogP contribution in [0.3, 0.4) is 0 Å². The largest absolute Gasteiger partial charge is 0.317 e. The van der Waals surface area contributed by atoms with Crippen LogP contribution < -0.4 is 10.6 Å². The lowest BCUT2D eigenvalue weighted by Gasteiger charge is -2.42. The molecular formula is C14H26N2. The predicted molar refractivity (Wildman–Crippen MR) is 67.5 cm³/mol. The van der Waals surface area contributed by atoms with Crippen LogP contribution in [0, 0.1) is 11.3 Å². The van der Waals surface area contributed by atoms with Crippen LogP contribution in [0.4, 0.5) is 0 Å². The topological polar surface area (TPSA) is 24.1 Å². The summed E-state index contributed by atoms with van der Waals surface area (Å²) in [7, 11) is 0. The summed E-state index contributed by atoms with van der Waals surface area (Å²) in [6, 6.07) is 0. The molecule has 3 rings (SSSR count). The summed E-state index contributed by atoms with van der Waals surface area (Å²) < 4.78 is 0. The van der Waals surface area contributed by atoms with E-state index in [1.165, 1.54) is 64.6 Å². The highest BCUT2D eigenvalue weighted by Gasteiger charge is 2.53. The van der Waals surface area contributed by atoms with Crippen molar-refractivity contribution in [2.75, 3.05) is 19.6 Å². The second kappa shape index (κ2) is 3.99.